The van der Waals surface area contributed by atoms with E-state index in [-0.39, 0.29) is 5.56 Å². The summed E-state index contributed by atoms with van der Waals surface area (Å²) >= 11 is 1.32. The molecule has 90 valence electrons. The number of hydrogen-bond donors (Lipinski definition) is 1. The highest BCUT2D eigenvalue weighted by atomic mass is 32.1. The van der Waals surface area contributed by atoms with E-state index in [1.165, 1.54) is 17.4 Å². The fourth-order valence-corrected chi connectivity index (χ4v) is 2.26. The molecule has 0 spiro atoms. The van der Waals surface area contributed by atoms with E-state index >= 15 is 0 Å². The third-order valence-electron chi connectivity index (χ3n) is 2.27. The second kappa shape index (κ2) is 5.33. The van der Waals surface area contributed by atoms with E-state index < -0.39 is 11.6 Å². The lowest BCUT2D eigenvalue weighted by Gasteiger charge is -1.99. The van der Waals surface area contributed by atoms with Crippen LogP contribution in [0.2, 0.25) is 0 Å². The molecule has 0 unspecified atom stereocenters. The Morgan fingerprint density at radius 3 is 2.94 bits per heavy atom. The van der Waals surface area contributed by atoms with Crippen molar-refractivity contribution in [3.05, 3.63) is 40.9 Å². The number of nitrogens with zero attached hydrogens (tertiary/aromatic N) is 1. The molecule has 0 atom stereocenters. The maximum Gasteiger partial charge on any atom is 0.133 e. The number of nitrogens with one attached hydrogen (secondary N) is 1. The lowest BCUT2D eigenvalue weighted by molar-refractivity contribution is 0.603. The lowest BCUT2D eigenvalue weighted by Crippen LogP contribution is -2.11. The zero-order valence-electron chi connectivity index (χ0n) is 9.34. The zero-order valence-corrected chi connectivity index (χ0v) is 10.2. The molecular formula is C12H12F2N2S. The maximum absolute atomic E-state index is 13.5. The lowest BCUT2D eigenvalue weighted by atomic mass is 10.2. The molecule has 5 heteroatoms. The Labute approximate surface area is 102 Å². The molecule has 0 bridgehead atoms. The Morgan fingerprint density at radius 1 is 1.35 bits per heavy atom. The van der Waals surface area contributed by atoms with Crippen molar-refractivity contribution in [1.29, 1.82) is 0 Å². The molecule has 0 aliphatic carbocycles. The molecule has 0 radical (unpaired) electrons. The van der Waals surface area contributed by atoms with E-state index in [4.69, 9.17) is 0 Å². The summed E-state index contributed by atoms with van der Waals surface area (Å²) in [5.41, 5.74) is 1.06. The summed E-state index contributed by atoms with van der Waals surface area (Å²) in [6.07, 6.45) is 0. The fraction of sp³-hybridized carbons (Fsp3) is 0.250. The summed E-state index contributed by atoms with van der Waals surface area (Å²) < 4.78 is 26.5. The van der Waals surface area contributed by atoms with Crippen LogP contribution in [0.15, 0.2) is 23.6 Å². The number of thiazole rings is 1. The number of hydrogen-bond acceptors (Lipinski definition) is 3. The van der Waals surface area contributed by atoms with Gasteiger partial charge in [-0.2, -0.15) is 0 Å². The van der Waals surface area contributed by atoms with Gasteiger partial charge in [-0.05, 0) is 24.7 Å². The van der Waals surface area contributed by atoms with Gasteiger partial charge in [0.1, 0.15) is 16.6 Å². The van der Waals surface area contributed by atoms with Gasteiger partial charge in [0.25, 0.3) is 0 Å². The normalized spacial score (nSPS) is 10.8. The Morgan fingerprint density at radius 2 is 2.18 bits per heavy atom. The van der Waals surface area contributed by atoms with Crippen molar-refractivity contribution in [2.75, 3.05) is 6.54 Å². The molecule has 1 aromatic heterocycles. The van der Waals surface area contributed by atoms with E-state index in [9.17, 15) is 8.78 Å². The van der Waals surface area contributed by atoms with Gasteiger partial charge in [-0.25, -0.2) is 13.8 Å². The molecule has 1 heterocycles. The molecule has 1 aromatic carbocycles. The van der Waals surface area contributed by atoms with Crippen molar-refractivity contribution in [2.24, 2.45) is 0 Å². The number of aromatic nitrogens is 1. The van der Waals surface area contributed by atoms with Gasteiger partial charge in [0.05, 0.1) is 5.69 Å². The van der Waals surface area contributed by atoms with Crippen LogP contribution in [0.5, 0.6) is 0 Å². The Hall–Kier alpha value is -1.33. The third-order valence-corrected chi connectivity index (χ3v) is 3.19. The summed E-state index contributed by atoms with van der Waals surface area (Å²) in [5.74, 6) is -0.902. The molecule has 0 aliphatic rings. The molecule has 2 nitrogen and oxygen atoms in total. The SMILES string of the molecule is CCNCc1csc(-c2cc(F)ccc2F)n1. The minimum absolute atomic E-state index is 0.220. The largest absolute Gasteiger partial charge is 0.311 e. The molecule has 0 saturated carbocycles. The van der Waals surface area contributed by atoms with E-state index in [1.807, 2.05) is 12.3 Å². The molecule has 0 amide bonds. The van der Waals surface area contributed by atoms with Crippen LogP contribution in [0.1, 0.15) is 12.6 Å². The van der Waals surface area contributed by atoms with Gasteiger partial charge in [-0.3, -0.25) is 0 Å². The van der Waals surface area contributed by atoms with E-state index in [0.717, 1.165) is 24.4 Å². The minimum Gasteiger partial charge on any atom is -0.311 e. The Balaban J connectivity index is 2.27. The summed E-state index contributed by atoms with van der Waals surface area (Å²) in [4.78, 5) is 4.27. The van der Waals surface area contributed by atoms with Crippen LogP contribution in [0.25, 0.3) is 10.6 Å². The predicted octanol–water partition coefficient (Wildman–Crippen LogP) is 3.20. The average Bonchev–Trinajstić information content (AvgIpc) is 2.78. The van der Waals surface area contributed by atoms with Gasteiger partial charge in [0.15, 0.2) is 0 Å². The van der Waals surface area contributed by atoms with Crippen LogP contribution >= 0.6 is 11.3 Å². The average molecular weight is 254 g/mol. The summed E-state index contributed by atoms with van der Waals surface area (Å²) in [6.45, 7) is 3.49. The molecule has 2 rings (SSSR count). The molecule has 0 aliphatic heterocycles. The van der Waals surface area contributed by atoms with E-state index in [2.05, 4.69) is 10.3 Å². The first-order valence-electron chi connectivity index (χ1n) is 5.31. The van der Waals surface area contributed by atoms with Crippen molar-refractivity contribution in [3.8, 4) is 10.6 Å². The predicted molar refractivity (Wildman–Crippen MR) is 64.8 cm³/mol. The Bertz CT molecular complexity index is 511. The molecule has 17 heavy (non-hydrogen) atoms. The van der Waals surface area contributed by atoms with Gasteiger partial charge < -0.3 is 5.32 Å². The standard InChI is InChI=1S/C12H12F2N2S/c1-2-15-6-9-7-17-12(16-9)10-5-8(13)3-4-11(10)14/h3-5,7,15H,2,6H2,1H3. The van der Waals surface area contributed by atoms with Crippen LogP contribution in [0.4, 0.5) is 8.78 Å². The highest BCUT2D eigenvalue weighted by molar-refractivity contribution is 7.13. The highest BCUT2D eigenvalue weighted by Gasteiger charge is 2.10. The smallest absolute Gasteiger partial charge is 0.133 e. The van der Waals surface area contributed by atoms with Gasteiger partial charge >= 0.3 is 0 Å². The first-order chi connectivity index (χ1) is 8.20. The number of benzene rings is 1. The second-order valence-electron chi connectivity index (χ2n) is 3.55. The molecule has 1 N–H and O–H groups in total. The van der Waals surface area contributed by atoms with Crippen LogP contribution < -0.4 is 5.32 Å². The summed E-state index contributed by atoms with van der Waals surface area (Å²) in [7, 11) is 0. The number of halogens is 2. The van der Waals surface area contributed by atoms with Crippen molar-refractivity contribution >= 4 is 11.3 Å². The monoisotopic (exact) mass is 254 g/mol. The molecule has 2 aromatic rings. The van der Waals surface area contributed by atoms with Gasteiger partial charge in [0.2, 0.25) is 0 Å². The fourth-order valence-electron chi connectivity index (χ4n) is 1.43. The second-order valence-corrected chi connectivity index (χ2v) is 4.41. The molecule has 0 fully saturated rings. The van der Waals surface area contributed by atoms with Crippen molar-refractivity contribution in [3.63, 3.8) is 0 Å². The van der Waals surface area contributed by atoms with Crippen LogP contribution in [0, 0.1) is 11.6 Å². The van der Waals surface area contributed by atoms with Crippen LogP contribution in [0.3, 0.4) is 0 Å². The van der Waals surface area contributed by atoms with Gasteiger partial charge in [-0.1, -0.05) is 6.92 Å². The topological polar surface area (TPSA) is 24.9 Å². The van der Waals surface area contributed by atoms with E-state index in [1.54, 1.807) is 0 Å². The number of rotatable bonds is 4. The first kappa shape index (κ1) is 12.1. The summed E-state index contributed by atoms with van der Waals surface area (Å²) in [6, 6.07) is 3.40. The van der Waals surface area contributed by atoms with Gasteiger partial charge in [-0.15, -0.1) is 11.3 Å². The molecular weight excluding hydrogens is 242 g/mol. The van der Waals surface area contributed by atoms with Crippen molar-refractivity contribution in [1.82, 2.24) is 10.3 Å². The summed E-state index contributed by atoms with van der Waals surface area (Å²) in [5, 5.41) is 5.49. The van der Waals surface area contributed by atoms with Gasteiger partial charge in [0, 0.05) is 17.5 Å². The van der Waals surface area contributed by atoms with E-state index in [0.29, 0.717) is 11.6 Å². The quantitative estimate of drug-likeness (QED) is 0.906. The van der Waals surface area contributed by atoms with Crippen LogP contribution in [-0.4, -0.2) is 11.5 Å². The molecule has 0 saturated heterocycles. The maximum atomic E-state index is 13.5. The minimum atomic E-state index is -0.454. The third kappa shape index (κ3) is 2.87. The van der Waals surface area contributed by atoms with Crippen molar-refractivity contribution < 1.29 is 8.78 Å². The van der Waals surface area contributed by atoms with Crippen molar-refractivity contribution in [2.45, 2.75) is 13.5 Å². The first-order valence-corrected chi connectivity index (χ1v) is 6.19. The van der Waals surface area contributed by atoms with Crippen LogP contribution in [-0.2, 0) is 6.54 Å². The zero-order chi connectivity index (χ0) is 12.3. The Kier molecular flexibility index (Phi) is 3.81. The highest BCUT2D eigenvalue weighted by Crippen LogP contribution is 2.26.